The summed E-state index contributed by atoms with van der Waals surface area (Å²) in [5, 5.41) is 10.1. The molecule has 2 rings (SSSR count). The Morgan fingerprint density at radius 2 is 2.07 bits per heavy atom. The molecule has 0 aromatic carbocycles. The van der Waals surface area contributed by atoms with Crippen LogP contribution in [-0.2, 0) is 0 Å². The first-order valence-electron chi connectivity index (χ1n) is 4.26. The van der Waals surface area contributed by atoms with Crippen molar-refractivity contribution in [3.8, 4) is 16.6 Å². The van der Waals surface area contributed by atoms with Crippen LogP contribution in [-0.4, -0.2) is 15.1 Å². The van der Waals surface area contributed by atoms with Crippen LogP contribution in [0.4, 0.5) is 0 Å². The molecule has 0 atom stereocenters. The van der Waals surface area contributed by atoms with Crippen LogP contribution in [0.5, 0.6) is 5.88 Å². The van der Waals surface area contributed by atoms with Crippen LogP contribution in [0.25, 0.3) is 10.7 Å². The van der Waals surface area contributed by atoms with E-state index >= 15 is 0 Å². The van der Waals surface area contributed by atoms with Crippen molar-refractivity contribution < 1.29 is 5.11 Å². The molecule has 0 aliphatic carbocycles. The van der Waals surface area contributed by atoms with Crippen LogP contribution < -0.4 is 0 Å². The summed E-state index contributed by atoms with van der Waals surface area (Å²) in [6.07, 6.45) is 1.79. The number of rotatable bonds is 1. The Hall–Kier alpha value is -1.42. The van der Waals surface area contributed by atoms with Crippen LogP contribution in [0.2, 0.25) is 0 Å². The number of pyridine rings is 1. The van der Waals surface area contributed by atoms with Crippen LogP contribution in [0.1, 0.15) is 10.4 Å². The first-order valence-corrected chi connectivity index (χ1v) is 5.08. The average Bonchev–Trinajstić information content (AvgIpc) is 2.48. The zero-order valence-electron chi connectivity index (χ0n) is 7.98. The molecule has 0 saturated heterocycles. The van der Waals surface area contributed by atoms with E-state index in [2.05, 4.69) is 9.97 Å². The van der Waals surface area contributed by atoms with Gasteiger partial charge in [-0.25, -0.2) is 0 Å². The fraction of sp³-hybridized carbons (Fsp3) is 0.200. The van der Waals surface area contributed by atoms with Crippen LogP contribution in [0, 0.1) is 13.8 Å². The van der Waals surface area contributed by atoms with E-state index in [-0.39, 0.29) is 5.88 Å². The number of thiazole rings is 1. The average molecular weight is 206 g/mol. The minimum Gasteiger partial charge on any atom is -0.492 e. The molecule has 3 nitrogen and oxygen atoms in total. The molecule has 0 saturated carbocycles. The Bertz CT molecular complexity index is 428. The first kappa shape index (κ1) is 9.15. The normalized spacial score (nSPS) is 10.4. The fourth-order valence-electron chi connectivity index (χ4n) is 1.09. The van der Waals surface area contributed by atoms with E-state index in [0.29, 0.717) is 0 Å². The third-order valence-electron chi connectivity index (χ3n) is 1.90. The van der Waals surface area contributed by atoms with E-state index in [4.69, 9.17) is 0 Å². The second-order valence-electron chi connectivity index (χ2n) is 3.12. The lowest BCUT2D eigenvalue weighted by molar-refractivity contribution is 0.454. The molecule has 0 radical (unpaired) electrons. The minimum atomic E-state index is 0.104. The molecule has 14 heavy (non-hydrogen) atoms. The summed E-state index contributed by atoms with van der Waals surface area (Å²) in [4.78, 5) is 9.08. The Balaban J connectivity index is 2.44. The van der Waals surface area contributed by atoms with Gasteiger partial charge in [-0.2, -0.15) is 4.98 Å². The molecule has 0 aliphatic rings. The summed E-state index contributed by atoms with van der Waals surface area (Å²) in [6.45, 7) is 3.83. The van der Waals surface area contributed by atoms with E-state index < -0.39 is 0 Å². The fourth-order valence-corrected chi connectivity index (χ4v) is 1.88. The largest absolute Gasteiger partial charge is 0.492 e. The van der Waals surface area contributed by atoms with Crippen molar-refractivity contribution in [2.24, 2.45) is 0 Å². The molecule has 2 heterocycles. The molecule has 0 unspecified atom stereocenters. The molecule has 1 N–H and O–H groups in total. The molecule has 72 valence electrons. The van der Waals surface area contributed by atoms with Gasteiger partial charge < -0.3 is 5.11 Å². The highest BCUT2D eigenvalue weighted by Gasteiger charge is 2.08. The molecule has 2 aromatic rings. The van der Waals surface area contributed by atoms with Gasteiger partial charge in [-0.1, -0.05) is 6.07 Å². The second-order valence-corrected chi connectivity index (χ2v) is 4.32. The monoisotopic (exact) mass is 206 g/mol. The SMILES string of the molecule is Cc1ccc(-c2nc(O)c(C)s2)nc1. The maximum atomic E-state index is 9.33. The van der Waals surface area contributed by atoms with E-state index in [1.165, 1.54) is 11.3 Å². The standard InChI is InChI=1S/C10H10N2OS/c1-6-3-4-8(11-5-6)10-12-9(13)7(2)14-10/h3-5,13H,1-2H3. The van der Waals surface area contributed by atoms with Crippen molar-refractivity contribution in [1.29, 1.82) is 0 Å². The third-order valence-corrected chi connectivity index (χ3v) is 2.89. The van der Waals surface area contributed by atoms with Gasteiger partial charge in [-0.3, -0.25) is 4.98 Å². The number of hydrogen-bond donors (Lipinski definition) is 1. The van der Waals surface area contributed by atoms with Crippen molar-refractivity contribution >= 4 is 11.3 Å². The Kier molecular flexibility index (Phi) is 2.21. The maximum Gasteiger partial charge on any atom is 0.225 e. The zero-order chi connectivity index (χ0) is 10.1. The lowest BCUT2D eigenvalue weighted by atomic mass is 10.3. The molecular formula is C10H10N2OS. The molecule has 0 aliphatic heterocycles. The summed E-state index contributed by atoms with van der Waals surface area (Å²) in [7, 11) is 0. The van der Waals surface area contributed by atoms with Gasteiger partial charge in [0.05, 0.1) is 10.6 Å². The van der Waals surface area contributed by atoms with E-state index in [1.54, 1.807) is 6.20 Å². The highest BCUT2D eigenvalue weighted by atomic mass is 32.1. The first-order chi connectivity index (χ1) is 6.66. The van der Waals surface area contributed by atoms with Gasteiger partial charge in [-0.05, 0) is 25.5 Å². The number of aryl methyl sites for hydroxylation is 2. The van der Waals surface area contributed by atoms with Gasteiger partial charge in [0.25, 0.3) is 0 Å². The zero-order valence-corrected chi connectivity index (χ0v) is 8.80. The van der Waals surface area contributed by atoms with Crippen LogP contribution in [0.15, 0.2) is 18.3 Å². The van der Waals surface area contributed by atoms with Gasteiger partial charge in [0.1, 0.15) is 5.01 Å². The van der Waals surface area contributed by atoms with E-state index in [1.807, 2.05) is 26.0 Å². The summed E-state index contributed by atoms with van der Waals surface area (Å²) in [6, 6.07) is 3.89. The predicted molar refractivity (Wildman–Crippen MR) is 56.5 cm³/mol. The number of nitrogens with zero attached hydrogens (tertiary/aromatic N) is 2. The lowest BCUT2D eigenvalue weighted by Gasteiger charge is -1.94. The Morgan fingerprint density at radius 3 is 2.57 bits per heavy atom. The van der Waals surface area contributed by atoms with E-state index in [0.717, 1.165) is 21.1 Å². The molecule has 2 aromatic heterocycles. The van der Waals surface area contributed by atoms with Gasteiger partial charge >= 0.3 is 0 Å². The van der Waals surface area contributed by atoms with Crippen molar-refractivity contribution in [1.82, 2.24) is 9.97 Å². The number of aromatic hydroxyl groups is 1. The van der Waals surface area contributed by atoms with E-state index in [9.17, 15) is 5.11 Å². The smallest absolute Gasteiger partial charge is 0.225 e. The highest BCUT2D eigenvalue weighted by Crippen LogP contribution is 2.29. The van der Waals surface area contributed by atoms with Gasteiger partial charge in [0.15, 0.2) is 0 Å². The summed E-state index contributed by atoms with van der Waals surface area (Å²) < 4.78 is 0. The molecule has 0 spiro atoms. The molecular weight excluding hydrogens is 196 g/mol. The van der Waals surface area contributed by atoms with Crippen LogP contribution in [0.3, 0.4) is 0 Å². The number of hydrogen-bond acceptors (Lipinski definition) is 4. The van der Waals surface area contributed by atoms with Gasteiger partial charge in [0, 0.05) is 6.20 Å². The van der Waals surface area contributed by atoms with Crippen molar-refractivity contribution in [2.45, 2.75) is 13.8 Å². The van der Waals surface area contributed by atoms with Gasteiger partial charge in [0.2, 0.25) is 5.88 Å². The number of aromatic nitrogens is 2. The van der Waals surface area contributed by atoms with Crippen LogP contribution >= 0.6 is 11.3 Å². The molecule has 0 fully saturated rings. The predicted octanol–water partition coefficient (Wildman–Crippen LogP) is 2.53. The minimum absolute atomic E-state index is 0.104. The second kappa shape index (κ2) is 3.38. The highest BCUT2D eigenvalue weighted by molar-refractivity contribution is 7.15. The van der Waals surface area contributed by atoms with Crippen molar-refractivity contribution in [3.63, 3.8) is 0 Å². The Morgan fingerprint density at radius 1 is 1.29 bits per heavy atom. The lowest BCUT2D eigenvalue weighted by Crippen LogP contribution is -1.82. The maximum absolute atomic E-state index is 9.33. The molecule has 0 bridgehead atoms. The summed E-state index contributed by atoms with van der Waals surface area (Å²) in [5.41, 5.74) is 1.93. The third kappa shape index (κ3) is 1.61. The summed E-state index contributed by atoms with van der Waals surface area (Å²) in [5.74, 6) is 0.104. The molecule has 4 heteroatoms. The summed E-state index contributed by atoms with van der Waals surface area (Å²) >= 11 is 1.45. The van der Waals surface area contributed by atoms with Gasteiger partial charge in [-0.15, -0.1) is 11.3 Å². The van der Waals surface area contributed by atoms with Crippen molar-refractivity contribution in [3.05, 3.63) is 28.8 Å². The molecule has 0 amide bonds. The quantitative estimate of drug-likeness (QED) is 0.779. The van der Waals surface area contributed by atoms with Crippen molar-refractivity contribution in [2.75, 3.05) is 0 Å². The Labute approximate surface area is 86.1 Å². The topological polar surface area (TPSA) is 46.0 Å².